The lowest BCUT2D eigenvalue weighted by molar-refractivity contribution is -0.135. The van der Waals surface area contributed by atoms with Crippen LogP contribution in [0.15, 0.2) is 53.4 Å². The summed E-state index contributed by atoms with van der Waals surface area (Å²) in [6, 6.07) is 14.7. The Morgan fingerprint density at radius 1 is 0.970 bits per heavy atom. The molecule has 0 aromatic heterocycles. The number of ether oxygens (including phenoxy) is 2. The molecule has 8 nitrogen and oxygen atoms in total. The molecule has 0 bridgehead atoms. The number of aryl methyl sites for hydroxylation is 1. The number of rotatable bonds is 7. The standard InChI is InChI=1S/C24H31N3O5S/c1-20-3-2-4-21(17-20)18-25-9-11-26(12-10-25)24(28)19-32-22-5-7-23(8-6-22)33(29,30)27-13-15-31-16-14-27/h2-8,17H,9-16,18-19H2,1H3. The minimum Gasteiger partial charge on any atom is -0.484 e. The van der Waals surface area contributed by atoms with Crippen molar-refractivity contribution >= 4 is 15.9 Å². The number of sulfonamides is 1. The van der Waals surface area contributed by atoms with Gasteiger partial charge in [-0.05, 0) is 36.8 Å². The fourth-order valence-corrected chi connectivity index (χ4v) is 5.51. The minimum absolute atomic E-state index is 0.0600. The summed E-state index contributed by atoms with van der Waals surface area (Å²) in [4.78, 5) is 17.0. The van der Waals surface area contributed by atoms with Crippen LogP contribution < -0.4 is 4.74 Å². The first-order chi connectivity index (χ1) is 15.9. The monoisotopic (exact) mass is 473 g/mol. The summed E-state index contributed by atoms with van der Waals surface area (Å²) in [7, 11) is -3.54. The van der Waals surface area contributed by atoms with E-state index in [1.165, 1.54) is 27.6 Å². The van der Waals surface area contributed by atoms with Gasteiger partial charge >= 0.3 is 0 Å². The van der Waals surface area contributed by atoms with Gasteiger partial charge in [-0.1, -0.05) is 29.8 Å². The van der Waals surface area contributed by atoms with Crippen molar-refractivity contribution in [3.8, 4) is 5.75 Å². The van der Waals surface area contributed by atoms with Gasteiger partial charge in [0.1, 0.15) is 5.75 Å². The Morgan fingerprint density at radius 3 is 2.33 bits per heavy atom. The van der Waals surface area contributed by atoms with Gasteiger partial charge in [0, 0.05) is 45.8 Å². The van der Waals surface area contributed by atoms with Gasteiger partial charge in [0.2, 0.25) is 10.0 Å². The van der Waals surface area contributed by atoms with Crippen LogP contribution in [-0.4, -0.2) is 87.5 Å². The average molecular weight is 474 g/mol. The number of hydrogen-bond donors (Lipinski definition) is 0. The van der Waals surface area contributed by atoms with E-state index in [2.05, 4.69) is 36.1 Å². The van der Waals surface area contributed by atoms with Crippen LogP contribution in [-0.2, 0) is 26.1 Å². The van der Waals surface area contributed by atoms with Gasteiger partial charge in [-0.25, -0.2) is 8.42 Å². The maximum atomic E-state index is 12.7. The Hall–Kier alpha value is -2.46. The molecule has 2 aliphatic rings. The fraction of sp³-hybridized carbons (Fsp3) is 0.458. The molecule has 2 aromatic rings. The molecule has 1 amide bonds. The second-order valence-electron chi connectivity index (χ2n) is 8.42. The second-order valence-corrected chi connectivity index (χ2v) is 10.4. The minimum atomic E-state index is -3.54. The number of carbonyl (C=O) groups excluding carboxylic acids is 1. The lowest BCUT2D eigenvalue weighted by atomic mass is 10.1. The molecule has 0 spiro atoms. The summed E-state index contributed by atoms with van der Waals surface area (Å²) >= 11 is 0. The summed E-state index contributed by atoms with van der Waals surface area (Å²) in [5.41, 5.74) is 2.54. The summed E-state index contributed by atoms with van der Waals surface area (Å²) in [6.07, 6.45) is 0. The molecule has 0 atom stereocenters. The van der Waals surface area contributed by atoms with Gasteiger partial charge in [-0.3, -0.25) is 9.69 Å². The van der Waals surface area contributed by atoms with Crippen LogP contribution in [0.4, 0.5) is 0 Å². The maximum absolute atomic E-state index is 12.7. The Morgan fingerprint density at radius 2 is 1.67 bits per heavy atom. The Balaban J connectivity index is 1.24. The van der Waals surface area contributed by atoms with E-state index >= 15 is 0 Å². The lowest BCUT2D eigenvalue weighted by Crippen LogP contribution is -2.49. The summed E-state index contributed by atoms with van der Waals surface area (Å²) in [5, 5.41) is 0. The molecule has 0 aliphatic carbocycles. The van der Waals surface area contributed by atoms with E-state index < -0.39 is 10.0 Å². The molecular formula is C24H31N3O5S. The molecule has 2 aromatic carbocycles. The summed E-state index contributed by atoms with van der Waals surface area (Å²) in [6.45, 7) is 7.44. The first-order valence-corrected chi connectivity index (χ1v) is 12.7. The highest BCUT2D eigenvalue weighted by molar-refractivity contribution is 7.89. The van der Waals surface area contributed by atoms with Gasteiger partial charge in [-0.15, -0.1) is 0 Å². The second kappa shape index (κ2) is 10.6. The smallest absolute Gasteiger partial charge is 0.260 e. The van der Waals surface area contributed by atoms with Gasteiger partial charge in [-0.2, -0.15) is 4.31 Å². The van der Waals surface area contributed by atoms with E-state index in [0.29, 0.717) is 45.1 Å². The highest BCUT2D eigenvalue weighted by Gasteiger charge is 2.26. The highest BCUT2D eigenvalue weighted by atomic mass is 32.2. The molecular weight excluding hydrogens is 442 g/mol. The number of morpholine rings is 1. The molecule has 4 rings (SSSR count). The van der Waals surface area contributed by atoms with Crippen LogP contribution in [0.1, 0.15) is 11.1 Å². The van der Waals surface area contributed by atoms with E-state index in [1.807, 2.05) is 4.90 Å². The average Bonchev–Trinajstić information content (AvgIpc) is 2.84. The first kappa shape index (κ1) is 23.7. The zero-order valence-electron chi connectivity index (χ0n) is 19.0. The van der Waals surface area contributed by atoms with E-state index in [9.17, 15) is 13.2 Å². The van der Waals surface area contributed by atoms with Crippen molar-refractivity contribution in [1.82, 2.24) is 14.1 Å². The van der Waals surface area contributed by atoms with Crippen molar-refractivity contribution in [3.63, 3.8) is 0 Å². The third-order valence-electron chi connectivity index (χ3n) is 6.01. The normalized spacial score (nSPS) is 18.3. The van der Waals surface area contributed by atoms with Crippen LogP contribution in [0.3, 0.4) is 0 Å². The molecule has 2 heterocycles. The molecule has 2 aliphatic heterocycles. The van der Waals surface area contributed by atoms with Crippen molar-refractivity contribution in [2.24, 2.45) is 0 Å². The van der Waals surface area contributed by atoms with Crippen molar-refractivity contribution in [1.29, 1.82) is 0 Å². The Kier molecular flexibility index (Phi) is 7.64. The van der Waals surface area contributed by atoms with Crippen molar-refractivity contribution < 1.29 is 22.7 Å². The quantitative estimate of drug-likeness (QED) is 0.610. The molecule has 178 valence electrons. The third-order valence-corrected chi connectivity index (χ3v) is 7.92. The van der Waals surface area contributed by atoms with Crippen LogP contribution in [0, 0.1) is 6.92 Å². The van der Waals surface area contributed by atoms with E-state index in [4.69, 9.17) is 9.47 Å². The maximum Gasteiger partial charge on any atom is 0.260 e. The van der Waals surface area contributed by atoms with Crippen molar-refractivity contribution in [2.75, 3.05) is 59.1 Å². The third kappa shape index (κ3) is 6.11. The first-order valence-electron chi connectivity index (χ1n) is 11.3. The topological polar surface area (TPSA) is 79.4 Å². The predicted octanol–water partition coefficient (Wildman–Crippen LogP) is 1.74. The van der Waals surface area contributed by atoms with Gasteiger partial charge < -0.3 is 14.4 Å². The SMILES string of the molecule is Cc1cccc(CN2CCN(C(=O)COc3ccc(S(=O)(=O)N4CCOCC4)cc3)CC2)c1. The molecule has 2 saturated heterocycles. The zero-order valence-corrected chi connectivity index (χ0v) is 19.8. The van der Waals surface area contributed by atoms with Crippen LogP contribution in [0.5, 0.6) is 5.75 Å². The number of piperazine rings is 1. The zero-order chi connectivity index (χ0) is 23.3. The molecule has 9 heteroatoms. The predicted molar refractivity (Wildman–Crippen MR) is 125 cm³/mol. The van der Waals surface area contributed by atoms with Gasteiger partial charge in [0.15, 0.2) is 6.61 Å². The van der Waals surface area contributed by atoms with E-state index in [0.717, 1.165) is 19.6 Å². The Bertz CT molecular complexity index is 1040. The van der Waals surface area contributed by atoms with Crippen molar-refractivity contribution in [3.05, 3.63) is 59.7 Å². The molecule has 0 N–H and O–H groups in total. The molecule has 0 saturated carbocycles. The van der Waals surface area contributed by atoms with Gasteiger partial charge in [0.05, 0.1) is 18.1 Å². The largest absolute Gasteiger partial charge is 0.484 e. The van der Waals surface area contributed by atoms with Crippen LogP contribution in [0.25, 0.3) is 0 Å². The number of hydrogen-bond acceptors (Lipinski definition) is 6. The fourth-order valence-electron chi connectivity index (χ4n) is 4.10. The highest BCUT2D eigenvalue weighted by Crippen LogP contribution is 2.20. The Labute approximate surface area is 195 Å². The van der Waals surface area contributed by atoms with E-state index in [1.54, 1.807) is 12.1 Å². The lowest BCUT2D eigenvalue weighted by Gasteiger charge is -2.34. The number of benzene rings is 2. The summed E-state index contributed by atoms with van der Waals surface area (Å²) < 4.78 is 37.7. The number of nitrogens with zero attached hydrogens (tertiary/aromatic N) is 3. The van der Waals surface area contributed by atoms with E-state index in [-0.39, 0.29) is 17.4 Å². The van der Waals surface area contributed by atoms with Gasteiger partial charge in [0.25, 0.3) is 5.91 Å². The molecule has 0 radical (unpaired) electrons. The van der Waals surface area contributed by atoms with Crippen LogP contribution in [0.2, 0.25) is 0 Å². The molecule has 33 heavy (non-hydrogen) atoms. The number of carbonyl (C=O) groups is 1. The van der Waals surface area contributed by atoms with Crippen LogP contribution >= 0.6 is 0 Å². The number of amides is 1. The summed E-state index contributed by atoms with van der Waals surface area (Å²) in [5.74, 6) is 0.414. The van der Waals surface area contributed by atoms with Crippen molar-refractivity contribution in [2.45, 2.75) is 18.4 Å². The molecule has 2 fully saturated rings. The molecule has 0 unspecified atom stereocenters.